The molecule has 9 heteroatoms. The summed E-state index contributed by atoms with van der Waals surface area (Å²) in [5, 5.41) is 11.6. The van der Waals surface area contributed by atoms with Crippen molar-refractivity contribution in [3.05, 3.63) is 57.8 Å². The molecule has 6 nitrogen and oxygen atoms in total. The number of hydrogen-bond donors (Lipinski definition) is 2. The number of nitrogens with one attached hydrogen (secondary N) is 1. The highest BCUT2D eigenvalue weighted by atomic mass is 79.9. The number of aliphatic hydroxyl groups is 1. The Bertz CT molecular complexity index is 934. The lowest BCUT2D eigenvalue weighted by molar-refractivity contribution is 0.102. The molecular weight excluding hydrogens is 427 g/mol. The first-order valence-electron chi connectivity index (χ1n) is 7.61. The molecule has 0 atom stereocenters. The van der Waals surface area contributed by atoms with Crippen molar-refractivity contribution in [1.82, 2.24) is 4.31 Å². The summed E-state index contributed by atoms with van der Waals surface area (Å²) in [5.74, 6) is -0.983. The Morgan fingerprint density at radius 1 is 1.27 bits per heavy atom. The van der Waals surface area contributed by atoms with Crippen molar-refractivity contribution in [2.75, 3.05) is 25.5 Å². The summed E-state index contributed by atoms with van der Waals surface area (Å²) in [6, 6.07) is 8.34. The molecule has 0 radical (unpaired) electrons. The summed E-state index contributed by atoms with van der Waals surface area (Å²) in [6.45, 7) is 1.26. The van der Waals surface area contributed by atoms with E-state index in [0.717, 1.165) is 4.31 Å². The van der Waals surface area contributed by atoms with Gasteiger partial charge >= 0.3 is 0 Å². The van der Waals surface area contributed by atoms with Gasteiger partial charge in [0.1, 0.15) is 5.82 Å². The van der Waals surface area contributed by atoms with Crippen LogP contribution in [0.4, 0.5) is 10.1 Å². The number of amides is 1. The van der Waals surface area contributed by atoms with E-state index >= 15 is 0 Å². The summed E-state index contributed by atoms with van der Waals surface area (Å²) >= 11 is 3.04. The van der Waals surface area contributed by atoms with Gasteiger partial charge in [0, 0.05) is 24.8 Å². The Kier molecular flexibility index (Phi) is 6.51. The molecule has 2 N–H and O–H groups in total. The second kappa shape index (κ2) is 8.26. The molecule has 0 bridgehead atoms. The summed E-state index contributed by atoms with van der Waals surface area (Å²) < 4.78 is 39.7. The molecule has 1 amide bonds. The van der Waals surface area contributed by atoms with Gasteiger partial charge in [0.15, 0.2) is 0 Å². The molecular formula is C17H18BrFN2O4S. The van der Waals surface area contributed by atoms with E-state index in [4.69, 9.17) is 5.11 Å². The standard InChI is InChI=1S/C17H18BrFN2O4S/c1-11-3-4-12(9-16(11)26(24,25)21(2)7-8-22)17(23)20-13-5-6-15(19)14(18)10-13/h3-6,9-10,22H,7-8H2,1-2H3,(H,20,23). The van der Waals surface area contributed by atoms with Gasteiger partial charge in [-0.2, -0.15) is 4.31 Å². The van der Waals surface area contributed by atoms with Crippen LogP contribution in [0.1, 0.15) is 15.9 Å². The van der Waals surface area contributed by atoms with E-state index in [-0.39, 0.29) is 28.1 Å². The molecule has 26 heavy (non-hydrogen) atoms. The maximum atomic E-state index is 13.3. The zero-order valence-electron chi connectivity index (χ0n) is 14.2. The third-order valence-corrected chi connectivity index (χ3v) is 6.34. The van der Waals surface area contributed by atoms with Gasteiger partial charge in [-0.05, 0) is 58.7 Å². The minimum atomic E-state index is -3.84. The number of rotatable bonds is 6. The maximum Gasteiger partial charge on any atom is 0.255 e. The van der Waals surface area contributed by atoms with Crippen molar-refractivity contribution in [2.24, 2.45) is 0 Å². The second-order valence-electron chi connectivity index (χ2n) is 5.61. The molecule has 0 saturated heterocycles. The van der Waals surface area contributed by atoms with Gasteiger partial charge in [-0.3, -0.25) is 4.79 Å². The highest BCUT2D eigenvalue weighted by molar-refractivity contribution is 9.10. The average molecular weight is 445 g/mol. The lowest BCUT2D eigenvalue weighted by Gasteiger charge is -2.18. The number of aliphatic hydroxyl groups excluding tert-OH is 1. The monoisotopic (exact) mass is 444 g/mol. The Hall–Kier alpha value is -1.81. The Morgan fingerprint density at radius 3 is 2.58 bits per heavy atom. The molecule has 2 rings (SSSR count). The van der Waals surface area contributed by atoms with Gasteiger partial charge in [0.25, 0.3) is 5.91 Å². The van der Waals surface area contributed by atoms with Crippen LogP contribution in [0.5, 0.6) is 0 Å². The molecule has 0 unspecified atom stereocenters. The topological polar surface area (TPSA) is 86.7 Å². The van der Waals surface area contributed by atoms with Gasteiger partial charge in [-0.1, -0.05) is 6.07 Å². The number of sulfonamides is 1. The first-order chi connectivity index (χ1) is 12.2. The van der Waals surface area contributed by atoms with Crippen LogP contribution in [-0.2, 0) is 10.0 Å². The molecule has 0 saturated carbocycles. The summed E-state index contributed by atoms with van der Waals surface area (Å²) in [4.78, 5) is 12.4. The number of likely N-dealkylation sites (N-methyl/N-ethyl adjacent to an activating group) is 1. The van der Waals surface area contributed by atoms with E-state index in [2.05, 4.69) is 21.2 Å². The molecule has 0 fully saturated rings. The number of anilines is 1. The fourth-order valence-corrected chi connectivity index (χ4v) is 4.01. The number of halogens is 2. The van der Waals surface area contributed by atoms with Gasteiger partial charge < -0.3 is 10.4 Å². The number of benzene rings is 2. The van der Waals surface area contributed by atoms with E-state index in [1.807, 2.05) is 0 Å². The Labute approximate surface area is 159 Å². The lowest BCUT2D eigenvalue weighted by Crippen LogP contribution is -2.30. The van der Waals surface area contributed by atoms with E-state index < -0.39 is 21.7 Å². The van der Waals surface area contributed by atoms with Gasteiger partial charge in [0.05, 0.1) is 16.0 Å². The van der Waals surface area contributed by atoms with Gasteiger partial charge in [-0.15, -0.1) is 0 Å². The van der Waals surface area contributed by atoms with Crippen LogP contribution in [-0.4, -0.2) is 43.9 Å². The third kappa shape index (κ3) is 4.47. The van der Waals surface area contributed by atoms with E-state index in [9.17, 15) is 17.6 Å². The zero-order chi connectivity index (χ0) is 19.5. The first-order valence-corrected chi connectivity index (χ1v) is 9.84. The summed E-state index contributed by atoms with van der Waals surface area (Å²) in [7, 11) is -2.48. The molecule has 140 valence electrons. The number of aryl methyl sites for hydroxylation is 1. The molecule has 2 aromatic rings. The molecule has 0 aromatic heterocycles. The van der Waals surface area contributed by atoms with E-state index in [1.54, 1.807) is 6.92 Å². The third-order valence-electron chi connectivity index (χ3n) is 3.73. The zero-order valence-corrected chi connectivity index (χ0v) is 16.6. The van der Waals surface area contributed by atoms with Crippen LogP contribution in [0.15, 0.2) is 45.8 Å². The van der Waals surface area contributed by atoms with Crippen LogP contribution in [0.25, 0.3) is 0 Å². The fourth-order valence-electron chi connectivity index (χ4n) is 2.23. The predicted molar refractivity (Wildman–Crippen MR) is 100 cm³/mol. The highest BCUT2D eigenvalue weighted by Gasteiger charge is 2.23. The van der Waals surface area contributed by atoms with Crippen LogP contribution < -0.4 is 5.32 Å². The fraction of sp³-hybridized carbons (Fsp3) is 0.235. The molecule has 0 aliphatic heterocycles. The smallest absolute Gasteiger partial charge is 0.255 e. The Morgan fingerprint density at radius 2 is 1.96 bits per heavy atom. The number of hydrogen-bond acceptors (Lipinski definition) is 4. The lowest BCUT2D eigenvalue weighted by atomic mass is 10.1. The average Bonchev–Trinajstić information content (AvgIpc) is 2.58. The number of nitrogens with zero attached hydrogens (tertiary/aromatic N) is 1. The van der Waals surface area contributed by atoms with Crippen LogP contribution in [0, 0.1) is 12.7 Å². The van der Waals surface area contributed by atoms with Crippen molar-refractivity contribution in [3.63, 3.8) is 0 Å². The van der Waals surface area contributed by atoms with Crippen molar-refractivity contribution in [2.45, 2.75) is 11.8 Å². The molecule has 0 aliphatic carbocycles. The predicted octanol–water partition coefficient (Wildman–Crippen LogP) is 2.76. The largest absolute Gasteiger partial charge is 0.395 e. The Balaban J connectivity index is 2.33. The van der Waals surface area contributed by atoms with Gasteiger partial charge in [0.2, 0.25) is 10.0 Å². The maximum absolute atomic E-state index is 13.3. The molecule has 0 heterocycles. The van der Waals surface area contributed by atoms with Gasteiger partial charge in [-0.25, -0.2) is 12.8 Å². The minimum Gasteiger partial charge on any atom is -0.395 e. The second-order valence-corrected chi connectivity index (χ2v) is 8.48. The molecule has 0 spiro atoms. The van der Waals surface area contributed by atoms with E-state index in [0.29, 0.717) is 11.3 Å². The molecule has 2 aromatic carbocycles. The highest BCUT2D eigenvalue weighted by Crippen LogP contribution is 2.23. The van der Waals surface area contributed by atoms with Crippen LogP contribution in [0.2, 0.25) is 0 Å². The quantitative estimate of drug-likeness (QED) is 0.716. The normalized spacial score (nSPS) is 11.6. The first kappa shape index (κ1) is 20.5. The summed E-state index contributed by atoms with van der Waals surface area (Å²) in [6.07, 6.45) is 0. The van der Waals surface area contributed by atoms with Crippen molar-refractivity contribution in [3.8, 4) is 0 Å². The van der Waals surface area contributed by atoms with Crippen LogP contribution >= 0.6 is 15.9 Å². The van der Waals surface area contributed by atoms with Crippen molar-refractivity contribution < 1.29 is 22.7 Å². The van der Waals surface area contributed by atoms with Crippen molar-refractivity contribution >= 4 is 37.5 Å². The van der Waals surface area contributed by atoms with Crippen LogP contribution in [0.3, 0.4) is 0 Å². The summed E-state index contributed by atoms with van der Waals surface area (Å²) in [5.41, 5.74) is 0.994. The number of carbonyl (C=O) groups excluding carboxylic acids is 1. The number of carbonyl (C=O) groups is 1. The SMILES string of the molecule is Cc1ccc(C(=O)Nc2ccc(F)c(Br)c2)cc1S(=O)(=O)N(C)CCO. The van der Waals surface area contributed by atoms with Crippen molar-refractivity contribution in [1.29, 1.82) is 0 Å². The minimum absolute atomic E-state index is 0.0126. The molecule has 0 aliphatic rings. The van der Waals surface area contributed by atoms with E-state index in [1.165, 1.54) is 43.4 Å².